The number of aryl methyl sites for hydroxylation is 2. The second kappa shape index (κ2) is 11.8. The van der Waals surface area contributed by atoms with E-state index in [1.54, 1.807) is 16.2 Å². The lowest BCUT2D eigenvalue weighted by atomic mass is 9.99. The van der Waals surface area contributed by atoms with Crippen LogP contribution in [0.5, 0.6) is 0 Å². The van der Waals surface area contributed by atoms with Crippen LogP contribution in [-0.2, 0) is 22.4 Å². The van der Waals surface area contributed by atoms with E-state index in [0.717, 1.165) is 24.3 Å². The number of rotatable bonds is 6. The molecule has 1 aromatic rings. The molecule has 1 saturated heterocycles. The fraction of sp³-hybridized carbons (Fsp3) is 0.619. The molecule has 1 N–H and O–H groups in total. The summed E-state index contributed by atoms with van der Waals surface area (Å²) >= 11 is 1.66. The molecular weight excluding hydrogens is 358 g/mol. The molecule has 1 aliphatic rings. The third-order valence-electron chi connectivity index (χ3n) is 4.11. The second-order valence-corrected chi connectivity index (χ2v) is 7.74. The van der Waals surface area contributed by atoms with Crippen molar-refractivity contribution in [2.45, 2.75) is 47.0 Å². The van der Waals surface area contributed by atoms with E-state index in [4.69, 9.17) is 0 Å². The molecule has 0 bridgehead atoms. The topological polar surface area (TPSA) is 52.7 Å². The minimum Gasteiger partial charge on any atom is -0.330 e. The summed E-state index contributed by atoms with van der Waals surface area (Å²) in [5.74, 6) is 5.12. The predicted molar refractivity (Wildman–Crippen MR) is 114 cm³/mol. The van der Waals surface area contributed by atoms with Crippen LogP contribution < -0.4 is 5.32 Å². The fourth-order valence-electron chi connectivity index (χ4n) is 2.69. The van der Waals surface area contributed by atoms with Gasteiger partial charge in [0.15, 0.2) is 0 Å². The Labute approximate surface area is 168 Å². The maximum absolute atomic E-state index is 12.3. The highest BCUT2D eigenvalue weighted by Crippen LogP contribution is 2.29. The van der Waals surface area contributed by atoms with Gasteiger partial charge >= 0.3 is 0 Å². The quantitative estimate of drug-likeness (QED) is 0.758. The number of thiophene rings is 1. The van der Waals surface area contributed by atoms with Gasteiger partial charge in [-0.05, 0) is 44.5 Å². The number of hydrogen-bond donors (Lipinski definition) is 1. The molecule has 2 rings (SSSR count). The molecule has 5 nitrogen and oxygen atoms in total. The monoisotopic (exact) mass is 391 g/mol. The van der Waals surface area contributed by atoms with Gasteiger partial charge in [-0.25, -0.2) is 0 Å². The summed E-state index contributed by atoms with van der Waals surface area (Å²) in [5, 5.41) is 3.93. The van der Waals surface area contributed by atoms with Gasteiger partial charge in [0.05, 0.1) is 17.5 Å². The molecule has 0 atom stereocenters. The Bertz CT molecular complexity index is 679. The Kier molecular flexibility index (Phi) is 10.1. The number of nitrogens with one attached hydrogen (secondary N) is 1. The summed E-state index contributed by atoms with van der Waals surface area (Å²) < 4.78 is 0. The minimum atomic E-state index is -0.194. The van der Waals surface area contributed by atoms with Gasteiger partial charge < -0.3 is 10.2 Å². The molecule has 0 saturated carbocycles. The van der Waals surface area contributed by atoms with Gasteiger partial charge in [-0.1, -0.05) is 40.0 Å². The Balaban J connectivity index is 0.00000176. The molecule has 1 aromatic heterocycles. The van der Waals surface area contributed by atoms with Crippen molar-refractivity contribution >= 4 is 28.2 Å². The lowest BCUT2D eigenvalue weighted by Crippen LogP contribution is -2.54. The third-order valence-corrected chi connectivity index (χ3v) is 5.35. The van der Waals surface area contributed by atoms with Gasteiger partial charge in [0, 0.05) is 18.0 Å². The van der Waals surface area contributed by atoms with Crippen LogP contribution in [0.15, 0.2) is 6.07 Å². The molecule has 1 fully saturated rings. The first-order chi connectivity index (χ1) is 12.9. The molecule has 2 amide bonds. The highest BCUT2D eigenvalue weighted by atomic mass is 32.1. The number of likely N-dealkylation sites (tertiary alicyclic amines) is 1. The SMILES string of the molecule is CC.CCCc1cc(NC(=O)C2CN(C(=O)C#CCN(C)C)C2)sc1CC. The van der Waals surface area contributed by atoms with E-state index in [0.29, 0.717) is 19.6 Å². The van der Waals surface area contributed by atoms with Crippen molar-refractivity contribution in [3.63, 3.8) is 0 Å². The predicted octanol–water partition coefficient (Wildman–Crippen LogP) is 3.25. The van der Waals surface area contributed by atoms with Crippen molar-refractivity contribution in [1.29, 1.82) is 0 Å². The number of nitrogens with zero attached hydrogens (tertiary/aromatic N) is 2. The third kappa shape index (κ3) is 7.00. The van der Waals surface area contributed by atoms with Gasteiger partial charge in [-0.15, -0.1) is 11.3 Å². The molecule has 0 aliphatic carbocycles. The molecule has 0 aromatic carbocycles. The van der Waals surface area contributed by atoms with Crippen LogP contribution in [0.1, 0.15) is 44.6 Å². The van der Waals surface area contributed by atoms with Crippen molar-refractivity contribution < 1.29 is 9.59 Å². The molecule has 2 heterocycles. The molecule has 1 aliphatic heterocycles. The van der Waals surface area contributed by atoms with E-state index >= 15 is 0 Å². The van der Waals surface area contributed by atoms with Crippen molar-refractivity contribution in [1.82, 2.24) is 9.80 Å². The van der Waals surface area contributed by atoms with Crippen molar-refractivity contribution in [3.05, 3.63) is 16.5 Å². The normalized spacial score (nSPS) is 13.2. The van der Waals surface area contributed by atoms with Gasteiger partial charge in [-0.3, -0.25) is 14.5 Å². The number of carbonyl (C=O) groups excluding carboxylic acids is 2. The van der Waals surface area contributed by atoms with E-state index in [1.165, 1.54) is 10.4 Å². The Morgan fingerprint density at radius 3 is 2.52 bits per heavy atom. The first kappa shape index (κ1) is 23.2. The second-order valence-electron chi connectivity index (χ2n) is 6.60. The smallest absolute Gasteiger partial charge is 0.298 e. The zero-order valence-electron chi connectivity index (χ0n) is 17.5. The maximum Gasteiger partial charge on any atom is 0.298 e. The lowest BCUT2D eigenvalue weighted by molar-refractivity contribution is -0.136. The van der Waals surface area contributed by atoms with E-state index in [-0.39, 0.29) is 17.7 Å². The van der Waals surface area contributed by atoms with Crippen LogP contribution in [0, 0.1) is 17.8 Å². The number of anilines is 1. The van der Waals surface area contributed by atoms with Gasteiger partial charge in [0.25, 0.3) is 5.91 Å². The molecule has 150 valence electrons. The van der Waals surface area contributed by atoms with Crippen molar-refractivity contribution in [3.8, 4) is 11.8 Å². The number of hydrogen-bond acceptors (Lipinski definition) is 4. The summed E-state index contributed by atoms with van der Waals surface area (Å²) in [5.41, 5.74) is 1.34. The van der Waals surface area contributed by atoms with Crippen LogP contribution in [0.2, 0.25) is 0 Å². The summed E-state index contributed by atoms with van der Waals surface area (Å²) in [6.45, 7) is 9.77. The highest BCUT2D eigenvalue weighted by Gasteiger charge is 2.35. The van der Waals surface area contributed by atoms with Crippen LogP contribution in [0.4, 0.5) is 5.00 Å². The Hall–Kier alpha value is -1.84. The van der Waals surface area contributed by atoms with Gasteiger partial charge in [0.1, 0.15) is 0 Å². The van der Waals surface area contributed by atoms with E-state index in [1.807, 2.05) is 32.8 Å². The standard InChI is InChI=1S/C19H27N3O2S.C2H6/c1-5-8-14-11-17(25-16(14)6-2)20-19(24)15-12-22(13-15)18(23)9-7-10-21(3)4;1-2/h11,15H,5-6,8,10,12-13H2,1-4H3,(H,20,24);1-2H3. The molecule has 0 unspecified atom stereocenters. The number of amides is 2. The number of carbonyl (C=O) groups is 2. The fourth-order valence-corrected chi connectivity index (χ4v) is 3.75. The molecule has 6 heteroatoms. The lowest BCUT2D eigenvalue weighted by Gasteiger charge is -2.36. The first-order valence-corrected chi connectivity index (χ1v) is 10.6. The molecule has 0 spiro atoms. The highest BCUT2D eigenvalue weighted by molar-refractivity contribution is 7.16. The van der Waals surface area contributed by atoms with Crippen LogP contribution in [0.25, 0.3) is 0 Å². The summed E-state index contributed by atoms with van der Waals surface area (Å²) in [6, 6.07) is 2.10. The van der Waals surface area contributed by atoms with E-state index in [2.05, 4.69) is 37.1 Å². The molecule has 27 heavy (non-hydrogen) atoms. The Morgan fingerprint density at radius 1 is 1.30 bits per heavy atom. The van der Waals surface area contributed by atoms with E-state index < -0.39 is 0 Å². The summed E-state index contributed by atoms with van der Waals surface area (Å²) in [7, 11) is 3.81. The maximum atomic E-state index is 12.3. The average Bonchev–Trinajstić information content (AvgIpc) is 2.96. The Morgan fingerprint density at radius 2 is 1.96 bits per heavy atom. The summed E-state index contributed by atoms with van der Waals surface area (Å²) in [4.78, 5) is 29.1. The van der Waals surface area contributed by atoms with Gasteiger partial charge in [0.2, 0.25) is 5.91 Å². The van der Waals surface area contributed by atoms with Crippen molar-refractivity contribution in [2.24, 2.45) is 5.92 Å². The van der Waals surface area contributed by atoms with Crippen LogP contribution >= 0.6 is 11.3 Å². The van der Waals surface area contributed by atoms with Crippen LogP contribution in [-0.4, -0.2) is 55.3 Å². The molecule has 0 radical (unpaired) electrons. The molecular formula is C21H33N3O2S. The largest absolute Gasteiger partial charge is 0.330 e. The van der Waals surface area contributed by atoms with Gasteiger partial charge in [-0.2, -0.15) is 0 Å². The van der Waals surface area contributed by atoms with Crippen molar-refractivity contribution in [2.75, 3.05) is 39.0 Å². The van der Waals surface area contributed by atoms with Crippen LogP contribution in [0.3, 0.4) is 0 Å². The zero-order valence-corrected chi connectivity index (χ0v) is 18.3. The zero-order chi connectivity index (χ0) is 20.4. The first-order valence-electron chi connectivity index (χ1n) is 9.79. The minimum absolute atomic E-state index is 0.00254. The van der Waals surface area contributed by atoms with E-state index in [9.17, 15) is 9.59 Å². The summed E-state index contributed by atoms with van der Waals surface area (Å²) in [6.07, 6.45) is 3.14. The average molecular weight is 392 g/mol.